The monoisotopic (exact) mass is 338 g/mol. The van der Waals surface area contributed by atoms with Crippen LogP contribution in [0.4, 0.5) is 4.39 Å². The van der Waals surface area contributed by atoms with Gasteiger partial charge in [0, 0.05) is 44.6 Å². The van der Waals surface area contributed by atoms with Crippen molar-refractivity contribution >= 4 is 18.3 Å². The topological polar surface area (TPSA) is 50.2 Å². The Bertz CT molecular complexity index is 703. The summed E-state index contributed by atoms with van der Waals surface area (Å²) in [5.74, 6) is 0.316. The number of nitrogens with one attached hydrogen (secondary N) is 1. The van der Waals surface area contributed by atoms with Crippen molar-refractivity contribution in [1.29, 1.82) is 0 Å². The normalized spacial score (nSPS) is 17.7. The number of nitrogens with zero attached hydrogens (tertiary/aromatic N) is 3. The van der Waals surface area contributed by atoms with Gasteiger partial charge in [-0.3, -0.25) is 4.79 Å². The molecule has 3 rings (SSSR count). The maximum absolute atomic E-state index is 13.7. The number of amides is 1. The van der Waals surface area contributed by atoms with E-state index < -0.39 is 0 Å². The zero-order valence-corrected chi connectivity index (χ0v) is 13.9. The molecule has 23 heavy (non-hydrogen) atoms. The van der Waals surface area contributed by atoms with Crippen LogP contribution in [0.2, 0.25) is 0 Å². The quantitative estimate of drug-likeness (QED) is 0.912. The van der Waals surface area contributed by atoms with Gasteiger partial charge in [0.05, 0.1) is 0 Å². The van der Waals surface area contributed by atoms with Gasteiger partial charge in [0.1, 0.15) is 17.7 Å². The largest absolute Gasteiger partial charge is 0.336 e. The highest BCUT2D eigenvalue weighted by Crippen LogP contribution is 2.23. The van der Waals surface area contributed by atoms with Gasteiger partial charge in [0.15, 0.2) is 0 Å². The molecule has 0 bridgehead atoms. The Morgan fingerprint density at radius 1 is 1.43 bits per heavy atom. The van der Waals surface area contributed by atoms with E-state index in [0.717, 1.165) is 12.4 Å². The van der Waals surface area contributed by atoms with Gasteiger partial charge < -0.3 is 14.8 Å². The molecule has 1 N–H and O–H groups in total. The van der Waals surface area contributed by atoms with E-state index in [2.05, 4.69) is 10.3 Å². The summed E-state index contributed by atoms with van der Waals surface area (Å²) in [6.07, 6.45) is 3.58. The van der Waals surface area contributed by atoms with Gasteiger partial charge in [-0.05, 0) is 24.6 Å². The molecular weight excluding hydrogens is 319 g/mol. The summed E-state index contributed by atoms with van der Waals surface area (Å²) in [6.45, 7) is 3.63. The second-order valence-electron chi connectivity index (χ2n) is 5.58. The lowest BCUT2D eigenvalue weighted by Crippen LogP contribution is -2.49. The molecule has 0 radical (unpaired) electrons. The van der Waals surface area contributed by atoms with Crippen LogP contribution >= 0.6 is 12.4 Å². The van der Waals surface area contributed by atoms with Gasteiger partial charge in [-0.25, -0.2) is 9.37 Å². The first-order valence-electron chi connectivity index (χ1n) is 7.33. The molecule has 1 unspecified atom stereocenters. The maximum Gasteiger partial charge on any atom is 0.254 e. The van der Waals surface area contributed by atoms with Crippen LogP contribution in [0.5, 0.6) is 0 Å². The number of hydrogen-bond acceptors (Lipinski definition) is 3. The van der Waals surface area contributed by atoms with Crippen molar-refractivity contribution in [3.63, 3.8) is 0 Å². The Hall–Kier alpha value is -1.92. The predicted octanol–water partition coefficient (Wildman–Crippen LogP) is 2.08. The SMILES string of the molecule is Cc1ccc(C(=O)N2CCNCC2c2nccn2C)cc1F.Cl. The van der Waals surface area contributed by atoms with E-state index in [1.807, 2.05) is 17.8 Å². The number of carbonyl (C=O) groups is 1. The summed E-state index contributed by atoms with van der Waals surface area (Å²) in [5, 5.41) is 3.29. The molecular formula is C16H20ClFN4O. The number of aromatic nitrogens is 2. The number of rotatable bonds is 2. The smallest absolute Gasteiger partial charge is 0.254 e. The highest BCUT2D eigenvalue weighted by atomic mass is 35.5. The number of aryl methyl sites for hydroxylation is 2. The second kappa shape index (κ2) is 7.10. The molecule has 1 aliphatic heterocycles. The predicted molar refractivity (Wildman–Crippen MR) is 88.2 cm³/mol. The van der Waals surface area contributed by atoms with E-state index in [0.29, 0.717) is 24.2 Å². The minimum absolute atomic E-state index is 0. The summed E-state index contributed by atoms with van der Waals surface area (Å²) < 4.78 is 15.7. The van der Waals surface area contributed by atoms with E-state index in [9.17, 15) is 9.18 Å². The zero-order chi connectivity index (χ0) is 15.7. The lowest BCUT2D eigenvalue weighted by molar-refractivity contribution is 0.0620. The Labute approximate surface area is 140 Å². The van der Waals surface area contributed by atoms with Gasteiger partial charge in [-0.15, -0.1) is 12.4 Å². The van der Waals surface area contributed by atoms with Gasteiger partial charge >= 0.3 is 0 Å². The van der Waals surface area contributed by atoms with Crippen LogP contribution in [-0.2, 0) is 7.05 Å². The fourth-order valence-corrected chi connectivity index (χ4v) is 2.77. The molecule has 0 spiro atoms. The average Bonchev–Trinajstić information content (AvgIpc) is 2.95. The van der Waals surface area contributed by atoms with Crippen LogP contribution in [-0.4, -0.2) is 40.0 Å². The Morgan fingerprint density at radius 3 is 2.87 bits per heavy atom. The first-order chi connectivity index (χ1) is 10.6. The van der Waals surface area contributed by atoms with Crippen LogP contribution in [0.25, 0.3) is 0 Å². The number of piperazine rings is 1. The number of benzene rings is 1. The van der Waals surface area contributed by atoms with E-state index >= 15 is 0 Å². The molecule has 0 saturated carbocycles. The zero-order valence-electron chi connectivity index (χ0n) is 13.1. The van der Waals surface area contributed by atoms with Gasteiger partial charge in [-0.1, -0.05) is 6.07 Å². The van der Waals surface area contributed by atoms with Crippen molar-refractivity contribution in [2.75, 3.05) is 19.6 Å². The summed E-state index contributed by atoms with van der Waals surface area (Å²) in [6, 6.07) is 4.49. The highest BCUT2D eigenvalue weighted by Gasteiger charge is 2.31. The fraction of sp³-hybridized carbons (Fsp3) is 0.375. The molecule has 2 heterocycles. The third kappa shape index (κ3) is 3.38. The first kappa shape index (κ1) is 17.4. The van der Waals surface area contributed by atoms with Crippen LogP contribution in [0, 0.1) is 12.7 Å². The van der Waals surface area contributed by atoms with E-state index in [4.69, 9.17) is 0 Å². The van der Waals surface area contributed by atoms with E-state index in [1.54, 1.807) is 30.2 Å². The molecule has 1 fully saturated rings. The standard InChI is InChI=1S/C16H19FN4O.ClH/c1-11-3-4-12(9-13(11)17)16(22)21-8-5-18-10-14(21)15-19-6-7-20(15)2;/h3-4,6-7,9,14,18H,5,8,10H2,1-2H3;1H. The highest BCUT2D eigenvalue weighted by molar-refractivity contribution is 5.94. The van der Waals surface area contributed by atoms with E-state index in [1.165, 1.54) is 6.07 Å². The molecule has 1 saturated heterocycles. The summed E-state index contributed by atoms with van der Waals surface area (Å²) in [5.41, 5.74) is 0.918. The maximum atomic E-state index is 13.7. The van der Waals surface area contributed by atoms with Crippen LogP contribution in [0.15, 0.2) is 30.6 Å². The third-order valence-electron chi connectivity index (χ3n) is 4.08. The molecule has 1 aliphatic rings. The van der Waals surface area contributed by atoms with Crippen LogP contribution in [0.3, 0.4) is 0 Å². The van der Waals surface area contributed by atoms with Crippen LogP contribution < -0.4 is 5.32 Å². The van der Waals surface area contributed by atoms with Gasteiger partial charge in [-0.2, -0.15) is 0 Å². The van der Waals surface area contributed by atoms with Crippen molar-refractivity contribution in [2.45, 2.75) is 13.0 Å². The van der Waals surface area contributed by atoms with Crippen molar-refractivity contribution in [3.05, 3.63) is 53.4 Å². The van der Waals surface area contributed by atoms with Crippen molar-refractivity contribution in [2.24, 2.45) is 7.05 Å². The number of carbonyl (C=O) groups excluding carboxylic acids is 1. The molecule has 1 amide bonds. The van der Waals surface area contributed by atoms with Crippen LogP contribution in [0.1, 0.15) is 27.8 Å². The Kier molecular flexibility index (Phi) is 5.38. The molecule has 1 atom stereocenters. The minimum Gasteiger partial charge on any atom is -0.336 e. The summed E-state index contributed by atoms with van der Waals surface area (Å²) in [4.78, 5) is 18.9. The summed E-state index contributed by atoms with van der Waals surface area (Å²) in [7, 11) is 1.91. The average molecular weight is 339 g/mol. The van der Waals surface area contributed by atoms with Gasteiger partial charge in [0.25, 0.3) is 5.91 Å². The lowest BCUT2D eigenvalue weighted by atomic mass is 10.1. The molecule has 1 aromatic carbocycles. The number of imidazole rings is 1. The fourth-order valence-electron chi connectivity index (χ4n) is 2.77. The van der Waals surface area contributed by atoms with Crippen molar-refractivity contribution in [3.8, 4) is 0 Å². The minimum atomic E-state index is -0.352. The number of halogens is 2. The molecule has 124 valence electrons. The number of hydrogen-bond donors (Lipinski definition) is 1. The summed E-state index contributed by atoms with van der Waals surface area (Å²) >= 11 is 0. The molecule has 1 aromatic heterocycles. The Morgan fingerprint density at radius 2 is 2.22 bits per heavy atom. The van der Waals surface area contributed by atoms with Gasteiger partial charge in [0.2, 0.25) is 0 Å². The lowest BCUT2D eigenvalue weighted by Gasteiger charge is -2.35. The van der Waals surface area contributed by atoms with Crippen molar-refractivity contribution < 1.29 is 9.18 Å². The first-order valence-corrected chi connectivity index (χ1v) is 7.33. The van der Waals surface area contributed by atoms with Crippen molar-refractivity contribution in [1.82, 2.24) is 19.8 Å². The molecule has 0 aliphatic carbocycles. The second-order valence-corrected chi connectivity index (χ2v) is 5.58. The Balaban J connectivity index is 0.00000192. The molecule has 7 heteroatoms. The molecule has 5 nitrogen and oxygen atoms in total. The third-order valence-corrected chi connectivity index (χ3v) is 4.08. The molecule has 2 aromatic rings. The van der Waals surface area contributed by atoms with E-state index in [-0.39, 0.29) is 30.2 Å².